The average Bonchev–Trinajstić information content (AvgIpc) is 2.36. The fourth-order valence-electron chi connectivity index (χ4n) is 1.90. The molecule has 0 amide bonds. The van der Waals surface area contributed by atoms with Crippen molar-refractivity contribution in [3.05, 3.63) is 47.5 Å². The highest BCUT2D eigenvalue weighted by molar-refractivity contribution is 5.74. The van der Waals surface area contributed by atoms with Crippen LogP contribution in [0.4, 0.5) is 17.1 Å². The number of hydrogen-bond donors (Lipinski definition) is 2. The molecule has 2 aromatic rings. The van der Waals surface area contributed by atoms with E-state index in [1.54, 1.807) is 7.11 Å². The average molecular weight is 242 g/mol. The smallest absolute Gasteiger partial charge is 0.122 e. The lowest BCUT2D eigenvalue weighted by atomic mass is 10.1. The summed E-state index contributed by atoms with van der Waals surface area (Å²) in [6.07, 6.45) is 0. The Labute approximate surface area is 108 Å². The lowest BCUT2D eigenvalue weighted by Gasteiger charge is -2.14. The molecule has 0 aliphatic rings. The minimum absolute atomic E-state index is 0.741. The molecule has 0 fully saturated rings. The first-order valence-electron chi connectivity index (χ1n) is 5.88. The summed E-state index contributed by atoms with van der Waals surface area (Å²) in [5.41, 5.74) is 10.9. The molecule has 0 radical (unpaired) electrons. The number of nitrogens with two attached hydrogens (primary N) is 1. The van der Waals surface area contributed by atoms with Crippen LogP contribution >= 0.6 is 0 Å². The Balaban J connectivity index is 2.35. The zero-order valence-electron chi connectivity index (χ0n) is 10.9. The van der Waals surface area contributed by atoms with E-state index in [0.717, 1.165) is 33.9 Å². The third-order valence-corrected chi connectivity index (χ3v) is 2.97. The Hall–Kier alpha value is -2.16. The van der Waals surface area contributed by atoms with Gasteiger partial charge in [-0.1, -0.05) is 12.1 Å². The number of aryl methyl sites for hydroxylation is 2. The summed E-state index contributed by atoms with van der Waals surface area (Å²) >= 11 is 0. The van der Waals surface area contributed by atoms with Gasteiger partial charge in [-0.25, -0.2) is 0 Å². The van der Waals surface area contributed by atoms with Crippen molar-refractivity contribution in [1.29, 1.82) is 0 Å². The lowest BCUT2D eigenvalue weighted by Crippen LogP contribution is -1.99. The van der Waals surface area contributed by atoms with E-state index in [4.69, 9.17) is 10.5 Å². The first-order valence-corrected chi connectivity index (χ1v) is 5.88. The van der Waals surface area contributed by atoms with Crippen LogP contribution in [0, 0.1) is 13.8 Å². The highest BCUT2D eigenvalue weighted by atomic mass is 16.5. The van der Waals surface area contributed by atoms with Gasteiger partial charge in [-0.2, -0.15) is 0 Å². The Bertz CT molecular complexity index is 564. The van der Waals surface area contributed by atoms with Crippen LogP contribution in [-0.4, -0.2) is 7.11 Å². The molecule has 94 valence electrons. The van der Waals surface area contributed by atoms with Gasteiger partial charge in [0.05, 0.1) is 18.5 Å². The Morgan fingerprint density at radius 3 is 2.39 bits per heavy atom. The molecule has 0 aliphatic carbocycles. The van der Waals surface area contributed by atoms with E-state index in [2.05, 4.69) is 11.4 Å². The van der Waals surface area contributed by atoms with Gasteiger partial charge < -0.3 is 15.8 Å². The molecule has 0 saturated heterocycles. The predicted molar refractivity (Wildman–Crippen MR) is 76.6 cm³/mol. The van der Waals surface area contributed by atoms with Gasteiger partial charge in [-0.05, 0) is 49.2 Å². The number of hydrogen-bond acceptors (Lipinski definition) is 3. The molecule has 3 nitrogen and oxygen atoms in total. The van der Waals surface area contributed by atoms with Crippen molar-refractivity contribution < 1.29 is 4.74 Å². The quantitative estimate of drug-likeness (QED) is 0.808. The summed E-state index contributed by atoms with van der Waals surface area (Å²) in [7, 11) is 1.68. The highest BCUT2D eigenvalue weighted by Gasteiger charge is 2.06. The molecule has 3 N–H and O–H groups in total. The molecule has 0 unspecified atom stereocenters. The molecule has 2 rings (SSSR count). The van der Waals surface area contributed by atoms with E-state index in [1.165, 1.54) is 0 Å². The van der Waals surface area contributed by atoms with E-state index >= 15 is 0 Å². The number of nitrogen functional groups attached to an aromatic ring is 1. The Kier molecular flexibility index (Phi) is 3.42. The maximum Gasteiger partial charge on any atom is 0.122 e. The van der Waals surface area contributed by atoms with Crippen LogP contribution in [0.5, 0.6) is 5.75 Å². The maximum atomic E-state index is 5.93. The van der Waals surface area contributed by atoms with Crippen LogP contribution < -0.4 is 15.8 Å². The van der Waals surface area contributed by atoms with Crippen molar-refractivity contribution in [3.8, 4) is 5.75 Å². The number of para-hydroxylation sites is 2. The van der Waals surface area contributed by atoms with Crippen molar-refractivity contribution in [1.82, 2.24) is 0 Å². The largest absolute Gasteiger partial charge is 0.496 e. The van der Waals surface area contributed by atoms with Crippen LogP contribution in [0.1, 0.15) is 11.1 Å². The molecule has 2 aromatic carbocycles. The molecule has 0 heterocycles. The second kappa shape index (κ2) is 5.00. The fourth-order valence-corrected chi connectivity index (χ4v) is 1.90. The maximum absolute atomic E-state index is 5.93. The fraction of sp³-hybridized carbons (Fsp3) is 0.200. The Morgan fingerprint density at radius 2 is 1.72 bits per heavy atom. The van der Waals surface area contributed by atoms with E-state index in [9.17, 15) is 0 Å². The first-order chi connectivity index (χ1) is 8.61. The summed E-state index contributed by atoms with van der Waals surface area (Å²) in [6.45, 7) is 4.07. The number of methoxy groups -OCH3 is 1. The molecule has 0 atom stereocenters. The number of ether oxygens (including phenoxy) is 1. The summed E-state index contributed by atoms with van der Waals surface area (Å²) in [5, 5.41) is 3.35. The number of anilines is 3. The molecule has 0 aliphatic heterocycles. The highest BCUT2D eigenvalue weighted by Crippen LogP contribution is 2.29. The normalized spacial score (nSPS) is 10.2. The van der Waals surface area contributed by atoms with Gasteiger partial charge in [0, 0.05) is 5.69 Å². The minimum Gasteiger partial charge on any atom is -0.496 e. The monoisotopic (exact) mass is 242 g/mol. The molecule has 18 heavy (non-hydrogen) atoms. The third kappa shape index (κ3) is 2.40. The molecule has 0 bridgehead atoms. The molecule has 0 aromatic heterocycles. The Morgan fingerprint density at radius 1 is 1.00 bits per heavy atom. The molecular formula is C15H18N2O. The minimum atomic E-state index is 0.741. The first kappa shape index (κ1) is 12.3. The van der Waals surface area contributed by atoms with Gasteiger partial charge in [0.1, 0.15) is 5.75 Å². The third-order valence-electron chi connectivity index (χ3n) is 2.97. The molecular weight excluding hydrogens is 224 g/mol. The van der Waals surface area contributed by atoms with Gasteiger partial charge >= 0.3 is 0 Å². The van der Waals surface area contributed by atoms with E-state index in [0.29, 0.717) is 0 Å². The van der Waals surface area contributed by atoms with E-state index < -0.39 is 0 Å². The molecule has 0 saturated carbocycles. The summed E-state index contributed by atoms with van der Waals surface area (Å²) in [5.74, 6) is 0.902. The number of nitrogens with one attached hydrogen (secondary N) is 1. The summed E-state index contributed by atoms with van der Waals surface area (Å²) in [6, 6.07) is 11.8. The topological polar surface area (TPSA) is 47.3 Å². The zero-order valence-corrected chi connectivity index (χ0v) is 10.9. The van der Waals surface area contributed by atoms with Crippen LogP contribution in [0.25, 0.3) is 0 Å². The predicted octanol–water partition coefficient (Wildman–Crippen LogP) is 3.64. The summed E-state index contributed by atoms with van der Waals surface area (Å²) < 4.78 is 5.30. The lowest BCUT2D eigenvalue weighted by molar-refractivity contribution is 0.411. The zero-order chi connectivity index (χ0) is 13.1. The van der Waals surface area contributed by atoms with Gasteiger partial charge in [0.25, 0.3) is 0 Å². The van der Waals surface area contributed by atoms with Crippen molar-refractivity contribution in [2.45, 2.75) is 13.8 Å². The van der Waals surface area contributed by atoms with Crippen LogP contribution in [0.3, 0.4) is 0 Å². The number of rotatable bonds is 3. The molecule has 3 heteroatoms. The van der Waals surface area contributed by atoms with Gasteiger partial charge in [-0.15, -0.1) is 0 Å². The van der Waals surface area contributed by atoms with Gasteiger partial charge in [-0.3, -0.25) is 0 Å². The van der Waals surface area contributed by atoms with Crippen LogP contribution in [0.2, 0.25) is 0 Å². The SMILES string of the molecule is COc1cc(C)c(Nc2ccccc2N)cc1C. The second-order valence-electron chi connectivity index (χ2n) is 4.35. The van der Waals surface area contributed by atoms with Gasteiger partial charge in [0.2, 0.25) is 0 Å². The second-order valence-corrected chi connectivity index (χ2v) is 4.35. The van der Waals surface area contributed by atoms with Crippen LogP contribution in [-0.2, 0) is 0 Å². The van der Waals surface area contributed by atoms with Crippen LogP contribution in [0.15, 0.2) is 36.4 Å². The van der Waals surface area contributed by atoms with E-state index in [-0.39, 0.29) is 0 Å². The van der Waals surface area contributed by atoms with Crippen molar-refractivity contribution in [2.75, 3.05) is 18.2 Å². The van der Waals surface area contributed by atoms with Crippen molar-refractivity contribution >= 4 is 17.1 Å². The van der Waals surface area contributed by atoms with Crippen molar-refractivity contribution in [3.63, 3.8) is 0 Å². The standard InChI is InChI=1S/C15H18N2O/c1-10-9-15(18-3)11(2)8-14(10)17-13-7-5-4-6-12(13)16/h4-9,17H,16H2,1-3H3. The van der Waals surface area contributed by atoms with Gasteiger partial charge in [0.15, 0.2) is 0 Å². The number of benzene rings is 2. The summed E-state index contributed by atoms with van der Waals surface area (Å²) in [4.78, 5) is 0. The van der Waals surface area contributed by atoms with E-state index in [1.807, 2.05) is 44.2 Å². The molecule has 0 spiro atoms. The van der Waals surface area contributed by atoms with Crippen molar-refractivity contribution in [2.24, 2.45) is 0 Å².